The van der Waals surface area contributed by atoms with Crippen molar-refractivity contribution >= 4 is 40.3 Å². The lowest BCUT2D eigenvalue weighted by Crippen LogP contribution is -2.31. The topological polar surface area (TPSA) is 138 Å². The number of carbonyl (C=O) groups excluding carboxylic acids is 1. The van der Waals surface area contributed by atoms with Crippen molar-refractivity contribution in [2.45, 2.75) is 78.7 Å². The molecule has 0 unspecified atom stereocenters. The molecule has 0 amide bonds. The molecular weight excluding hydrogens is 618 g/mol. The molecule has 0 radical (unpaired) electrons. The summed E-state index contributed by atoms with van der Waals surface area (Å²) >= 11 is 0. The number of hydrogen-bond donors (Lipinski definition) is 2. The maximum atomic E-state index is 13.8. The molecule has 1 fully saturated rings. The summed E-state index contributed by atoms with van der Waals surface area (Å²) in [5.74, 6) is 0.519. The maximum Gasteiger partial charge on any atom is 0.303 e. The second-order valence-electron chi connectivity index (χ2n) is 11.6. The number of amidine groups is 1. The van der Waals surface area contributed by atoms with Crippen LogP contribution in [0.2, 0.25) is 0 Å². The van der Waals surface area contributed by atoms with E-state index in [1.54, 1.807) is 4.90 Å². The molecule has 2 aliphatic heterocycles. The van der Waals surface area contributed by atoms with Gasteiger partial charge in [-0.3, -0.25) is 15.0 Å². The van der Waals surface area contributed by atoms with Crippen molar-refractivity contribution in [2.24, 2.45) is 0 Å². The molecule has 43 heavy (non-hydrogen) atoms. The number of benzene rings is 1. The molecule has 4 rings (SSSR count). The van der Waals surface area contributed by atoms with Gasteiger partial charge in [0.25, 0.3) is 11.8 Å². The molecule has 1 aromatic carbocycles. The molecule has 0 spiro atoms. The Hall–Kier alpha value is -3.41. The molecule has 2 aliphatic rings. The van der Waals surface area contributed by atoms with Crippen LogP contribution in [0.1, 0.15) is 94.0 Å². The molecule has 2 aromatic rings. The van der Waals surface area contributed by atoms with E-state index in [0.717, 1.165) is 42.9 Å². The van der Waals surface area contributed by atoms with Crippen molar-refractivity contribution in [3.63, 3.8) is 0 Å². The first-order valence-corrected chi connectivity index (χ1v) is 14.8. The van der Waals surface area contributed by atoms with Gasteiger partial charge in [-0.05, 0) is 57.1 Å². The highest BCUT2D eigenvalue weighted by molar-refractivity contribution is 8.93. The number of aromatic nitrogens is 2. The number of rotatable bonds is 14. The van der Waals surface area contributed by atoms with Gasteiger partial charge in [0, 0.05) is 30.6 Å². The predicted molar refractivity (Wildman–Crippen MR) is 170 cm³/mol. The Morgan fingerprint density at radius 2 is 1.65 bits per heavy atom. The molecule has 2 N–H and O–H groups in total. The van der Waals surface area contributed by atoms with Crippen LogP contribution in [0.25, 0.3) is 0 Å². The molecule has 0 atom stereocenters. The number of anilines is 1. The third-order valence-electron chi connectivity index (χ3n) is 7.36. The van der Waals surface area contributed by atoms with Crippen molar-refractivity contribution in [1.29, 1.82) is 5.41 Å². The number of unbranched alkanes of at least 4 members (excludes halogenated alkanes) is 1. The van der Waals surface area contributed by atoms with Gasteiger partial charge in [-0.15, -0.1) is 17.0 Å². The van der Waals surface area contributed by atoms with Crippen LogP contribution in [0, 0.1) is 5.41 Å². The molecule has 236 valence electrons. The zero-order chi connectivity index (χ0) is 30.4. The zero-order valence-corrected chi connectivity index (χ0v) is 27.5. The van der Waals surface area contributed by atoms with Crippen LogP contribution in [0.3, 0.4) is 0 Å². The third kappa shape index (κ3) is 8.16. The smallest absolute Gasteiger partial charge is 0.303 e. The monoisotopic (exact) mass is 661 g/mol. The van der Waals surface area contributed by atoms with E-state index in [9.17, 15) is 9.59 Å². The number of nitrogens with one attached hydrogen (secondary N) is 1. The number of fused-ring (bicyclic) bond motifs is 1. The van der Waals surface area contributed by atoms with Gasteiger partial charge >= 0.3 is 5.97 Å². The second kappa shape index (κ2) is 14.9. The number of Topliss-reactive ketones (excluding diaryl/α,β-unsaturated/α-hetero) is 1. The van der Waals surface area contributed by atoms with Gasteiger partial charge in [0.2, 0.25) is 0 Å². The normalized spacial score (nSPS) is 14.4. The van der Waals surface area contributed by atoms with Gasteiger partial charge in [0.15, 0.2) is 5.78 Å². The number of halogens is 1. The van der Waals surface area contributed by atoms with Crippen LogP contribution in [-0.4, -0.2) is 77.0 Å². The summed E-state index contributed by atoms with van der Waals surface area (Å²) < 4.78 is 17.6. The Balaban J connectivity index is 0.00000506. The Bertz CT molecular complexity index is 1320. The molecule has 0 saturated carbocycles. The zero-order valence-electron chi connectivity index (χ0n) is 25.8. The van der Waals surface area contributed by atoms with E-state index in [4.69, 9.17) is 24.7 Å². The summed E-state index contributed by atoms with van der Waals surface area (Å²) in [5.41, 5.74) is 3.06. The van der Waals surface area contributed by atoms with Crippen LogP contribution < -0.4 is 19.1 Å². The van der Waals surface area contributed by atoms with E-state index >= 15 is 0 Å². The fourth-order valence-corrected chi connectivity index (χ4v) is 5.24. The highest BCUT2D eigenvalue weighted by Crippen LogP contribution is 2.42. The standard InChI is InChI=1S/C31H43N5O6.BrH/c1-6-40-29-30(41-7-2)34-26-22(33-29)18-36(28(26)32)19-24(37)20-16-21(31(3,4)5)27(42-15-11-8-12-25(38)39)23(17-20)35-13-9-10-14-35;/h16-17,32H,6-15,18-19H2,1-5H3,(H,38,39);1H. The molecular formula is C31H44BrN5O6. The minimum Gasteiger partial charge on any atom is -0.491 e. The Kier molecular flexibility index (Phi) is 11.8. The van der Waals surface area contributed by atoms with E-state index in [1.165, 1.54) is 0 Å². The van der Waals surface area contributed by atoms with Crippen molar-refractivity contribution in [3.05, 3.63) is 34.6 Å². The number of nitrogens with zero attached hydrogens (tertiary/aromatic N) is 4. The first kappa shape index (κ1) is 34.1. The minimum absolute atomic E-state index is 0. The summed E-state index contributed by atoms with van der Waals surface area (Å²) in [5, 5.41) is 17.7. The average molecular weight is 663 g/mol. The van der Waals surface area contributed by atoms with Crippen LogP contribution in [0.5, 0.6) is 17.5 Å². The summed E-state index contributed by atoms with van der Waals surface area (Å²) in [4.78, 5) is 37.7. The summed E-state index contributed by atoms with van der Waals surface area (Å²) in [6.45, 7) is 13.2. The van der Waals surface area contributed by atoms with Gasteiger partial charge in [0.05, 0.1) is 44.3 Å². The second-order valence-corrected chi connectivity index (χ2v) is 11.6. The summed E-state index contributed by atoms with van der Waals surface area (Å²) in [6, 6.07) is 3.83. The lowest BCUT2D eigenvalue weighted by Gasteiger charge is -2.30. The van der Waals surface area contributed by atoms with E-state index in [1.807, 2.05) is 26.0 Å². The van der Waals surface area contributed by atoms with Gasteiger partial charge in [-0.2, -0.15) is 0 Å². The molecule has 11 nitrogen and oxygen atoms in total. The van der Waals surface area contributed by atoms with Gasteiger partial charge in [0.1, 0.15) is 17.3 Å². The number of ketones is 1. The van der Waals surface area contributed by atoms with Gasteiger partial charge in [-0.25, -0.2) is 9.97 Å². The Morgan fingerprint density at radius 3 is 2.26 bits per heavy atom. The van der Waals surface area contributed by atoms with E-state index < -0.39 is 5.97 Å². The molecule has 3 heterocycles. The number of aliphatic carboxylic acids is 1. The molecule has 0 bridgehead atoms. The minimum atomic E-state index is -0.809. The van der Waals surface area contributed by atoms with Crippen LogP contribution in [0.4, 0.5) is 5.69 Å². The lowest BCUT2D eigenvalue weighted by molar-refractivity contribution is -0.137. The highest BCUT2D eigenvalue weighted by Gasteiger charge is 2.33. The molecule has 1 saturated heterocycles. The summed E-state index contributed by atoms with van der Waals surface area (Å²) in [6.07, 6.45) is 3.42. The fraction of sp³-hybridized carbons (Fsp3) is 0.581. The van der Waals surface area contributed by atoms with E-state index in [-0.39, 0.29) is 59.4 Å². The lowest BCUT2D eigenvalue weighted by atomic mass is 9.84. The number of carboxylic acid groups (broad SMARTS) is 1. The van der Waals surface area contributed by atoms with Crippen LogP contribution in [-0.2, 0) is 16.8 Å². The van der Waals surface area contributed by atoms with Crippen molar-refractivity contribution in [2.75, 3.05) is 44.4 Å². The van der Waals surface area contributed by atoms with Gasteiger partial charge < -0.3 is 29.1 Å². The quantitative estimate of drug-likeness (QED) is 0.200. The van der Waals surface area contributed by atoms with Crippen molar-refractivity contribution < 1.29 is 28.9 Å². The number of ether oxygens (including phenoxy) is 3. The first-order chi connectivity index (χ1) is 20.0. The predicted octanol–water partition coefficient (Wildman–Crippen LogP) is 5.41. The van der Waals surface area contributed by atoms with Crippen molar-refractivity contribution in [3.8, 4) is 17.5 Å². The summed E-state index contributed by atoms with van der Waals surface area (Å²) in [7, 11) is 0. The molecule has 1 aromatic heterocycles. The van der Waals surface area contributed by atoms with Crippen LogP contribution >= 0.6 is 17.0 Å². The third-order valence-corrected chi connectivity index (χ3v) is 7.36. The van der Waals surface area contributed by atoms with E-state index in [2.05, 4.69) is 35.6 Å². The number of carboxylic acids is 1. The molecule has 12 heteroatoms. The first-order valence-electron chi connectivity index (χ1n) is 14.8. The largest absolute Gasteiger partial charge is 0.491 e. The average Bonchev–Trinajstić information content (AvgIpc) is 3.57. The van der Waals surface area contributed by atoms with Gasteiger partial charge in [-0.1, -0.05) is 20.8 Å². The van der Waals surface area contributed by atoms with E-state index in [0.29, 0.717) is 55.5 Å². The Labute approximate surface area is 264 Å². The van der Waals surface area contributed by atoms with Crippen LogP contribution in [0.15, 0.2) is 12.1 Å². The highest BCUT2D eigenvalue weighted by atomic mass is 79.9. The maximum absolute atomic E-state index is 13.8. The number of hydrogen-bond acceptors (Lipinski definition) is 9. The number of carbonyl (C=O) groups is 2. The SMILES string of the molecule is Br.CCOc1nc2c(nc1OCC)C(=N)N(CC(=O)c1cc(N3CCCC3)c(OCCCCC(=O)O)c(C(C)(C)C)c1)C2. The Morgan fingerprint density at radius 1 is 1.00 bits per heavy atom. The molecule has 0 aliphatic carbocycles. The van der Waals surface area contributed by atoms with Crippen molar-refractivity contribution in [1.82, 2.24) is 14.9 Å². The fourth-order valence-electron chi connectivity index (χ4n) is 5.24.